The molecule has 1 aliphatic rings. The van der Waals surface area contributed by atoms with Gasteiger partial charge in [-0.2, -0.15) is 0 Å². The Labute approximate surface area is 165 Å². The van der Waals surface area contributed by atoms with E-state index >= 15 is 0 Å². The van der Waals surface area contributed by atoms with Crippen LogP contribution in [0.15, 0.2) is 42.5 Å². The highest BCUT2D eigenvalue weighted by Gasteiger charge is 2.36. The van der Waals surface area contributed by atoms with Gasteiger partial charge in [-0.25, -0.2) is 8.42 Å². The van der Waals surface area contributed by atoms with Gasteiger partial charge in [0.25, 0.3) is 5.91 Å². The molecule has 8 heteroatoms. The first-order valence-corrected chi connectivity index (χ1v) is 10.7. The minimum Gasteiger partial charge on any atom is -0.497 e. The molecule has 0 unspecified atom stereocenters. The summed E-state index contributed by atoms with van der Waals surface area (Å²) in [6.45, 7) is 2.11. The fraction of sp³-hybridized carbons (Fsp3) is 0.350. The second-order valence-corrected chi connectivity index (χ2v) is 8.50. The normalized spacial score (nSPS) is 14.4. The Bertz CT molecular complexity index is 990. The average Bonchev–Trinajstić information content (AvgIpc) is 3.10. The fourth-order valence-electron chi connectivity index (χ4n) is 3.54. The van der Waals surface area contributed by atoms with E-state index in [4.69, 9.17) is 9.47 Å². The maximum absolute atomic E-state index is 13.3. The molecule has 0 bridgehead atoms. The molecule has 0 fully saturated rings. The van der Waals surface area contributed by atoms with Gasteiger partial charge >= 0.3 is 0 Å². The summed E-state index contributed by atoms with van der Waals surface area (Å²) in [7, 11) is -0.831. The van der Waals surface area contributed by atoms with E-state index in [0.717, 1.165) is 28.2 Å². The van der Waals surface area contributed by atoms with Crippen molar-refractivity contribution in [3.8, 4) is 11.5 Å². The lowest BCUT2D eigenvalue weighted by Crippen LogP contribution is -2.49. The predicted molar refractivity (Wildman–Crippen MR) is 109 cm³/mol. The quantitative estimate of drug-likeness (QED) is 0.739. The summed E-state index contributed by atoms with van der Waals surface area (Å²) in [5.74, 6) is 0.517. The highest BCUT2D eigenvalue weighted by molar-refractivity contribution is 7.92. The number of nitrogens with zero attached hydrogens (tertiary/aromatic N) is 2. The summed E-state index contributed by atoms with van der Waals surface area (Å²) in [5.41, 5.74) is 2.16. The summed E-state index contributed by atoms with van der Waals surface area (Å²) in [6, 6.07) is 11.6. The molecular formula is C20H24N2O5S. The molecule has 1 aliphatic heterocycles. The second kappa shape index (κ2) is 7.71. The number of amides is 1. The highest BCUT2D eigenvalue weighted by Crippen LogP contribution is 2.36. The Morgan fingerprint density at radius 2 is 1.86 bits per heavy atom. The number of methoxy groups -OCH3 is 2. The van der Waals surface area contributed by atoms with Crippen LogP contribution in [0.2, 0.25) is 0 Å². The lowest BCUT2D eigenvalue weighted by atomic mass is 10.2. The van der Waals surface area contributed by atoms with Gasteiger partial charge in [0.15, 0.2) is 0 Å². The van der Waals surface area contributed by atoms with Gasteiger partial charge in [-0.15, -0.1) is 0 Å². The Hall–Kier alpha value is -2.74. The van der Waals surface area contributed by atoms with Crippen LogP contribution in [0.4, 0.5) is 11.4 Å². The average molecular weight is 404 g/mol. The molecule has 2 aromatic carbocycles. The van der Waals surface area contributed by atoms with E-state index < -0.39 is 16.1 Å². The summed E-state index contributed by atoms with van der Waals surface area (Å²) >= 11 is 0. The zero-order valence-corrected chi connectivity index (χ0v) is 17.2. The van der Waals surface area contributed by atoms with Crippen molar-refractivity contribution in [2.75, 3.05) is 36.2 Å². The summed E-state index contributed by atoms with van der Waals surface area (Å²) in [6.07, 6.45) is 1.82. The highest BCUT2D eigenvalue weighted by atomic mass is 32.2. The second-order valence-electron chi connectivity index (χ2n) is 6.64. The molecule has 0 radical (unpaired) electrons. The number of benzene rings is 2. The molecule has 0 aromatic heterocycles. The van der Waals surface area contributed by atoms with Crippen molar-refractivity contribution >= 4 is 27.3 Å². The molecule has 0 aliphatic carbocycles. The van der Waals surface area contributed by atoms with Crippen molar-refractivity contribution in [2.24, 2.45) is 0 Å². The standard InChI is InChI=1S/C20H24N2O5S/c1-14(20(23)21-12-11-15-7-5-6-8-17(15)21)22(28(4,24)25)18-13-16(26-2)9-10-19(18)27-3/h5-10,13-14H,11-12H2,1-4H3/t14-/m1/s1. The Kier molecular flexibility index (Phi) is 5.51. The van der Waals surface area contributed by atoms with Crippen molar-refractivity contribution < 1.29 is 22.7 Å². The third-order valence-electron chi connectivity index (χ3n) is 4.84. The zero-order valence-electron chi connectivity index (χ0n) is 16.4. The molecule has 1 amide bonds. The van der Waals surface area contributed by atoms with Crippen molar-refractivity contribution in [1.82, 2.24) is 0 Å². The number of ether oxygens (including phenoxy) is 2. The minimum absolute atomic E-state index is 0.262. The lowest BCUT2D eigenvalue weighted by Gasteiger charge is -2.32. The number of hydrogen-bond acceptors (Lipinski definition) is 5. The molecule has 0 N–H and O–H groups in total. The van der Waals surface area contributed by atoms with E-state index in [9.17, 15) is 13.2 Å². The van der Waals surface area contributed by atoms with Gasteiger partial charge in [0.2, 0.25) is 10.0 Å². The van der Waals surface area contributed by atoms with Gasteiger partial charge in [0.05, 0.1) is 26.2 Å². The van der Waals surface area contributed by atoms with Crippen LogP contribution in [0.5, 0.6) is 11.5 Å². The Balaban J connectivity index is 2.03. The topological polar surface area (TPSA) is 76.2 Å². The monoisotopic (exact) mass is 404 g/mol. The van der Waals surface area contributed by atoms with Crippen LogP contribution in [0.1, 0.15) is 12.5 Å². The molecule has 3 rings (SSSR count). The van der Waals surface area contributed by atoms with Crippen LogP contribution >= 0.6 is 0 Å². The van der Waals surface area contributed by atoms with Gasteiger partial charge in [0.1, 0.15) is 17.5 Å². The molecule has 0 spiro atoms. The van der Waals surface area contributed by atoms with Crippen LogP contribution in [-0.2, 0) is 21.2 Å². The molecule has 150 valence electrons. The Morgan fingerprint density at radius 3 is 2.50 bits per heavy atom. The molecule has 7 nitrogen and oxygen atoms in total. The molecule has 2 aromatic rings. The number of carbonyl (C=O) groups excluding carboxylic acids is 1. The van der Waals surface area contributed by atoms with Gasteiger partial charge in [-0.05, 0) is 37.1 Å². The first-order chi connectivity index (χ1) is 13.3. The van der Waals surface area contributed by atoms with Crippen molar-refractivity contribution in [1.29, 1.82) is 0 Å². The number of carbonyl (C=O) groups is 1. The largest absolute Gasteiger partial charge is 0.497 e. The maximum atomic E-state index is 13.3. The van der Waals surface area contributed by atoms with Crippen LogP contribution in [0.25, 0.3) is 0 Å². The van der Waals surface area contributed by atoms with Crippen LogP contribution in [-0.4, -0.2) is 47.4 Å². The van der Waals surface area contributed by atoms with Gasteiger partial charge < -0.3 is 14.4 Å². The van der Waals surface area contributed by atoms with Crippen LogP contribution < -0.4 is 18.7 Å². The summed E-state index contributed by atoms with van der Waals surface area (Å²) < 4.78 is 37.0. The number of para-hydroxylation sites is 1. The molecule has 0 saturated heterocycles. The molecular weight excluding hydrogens is 380 g/mol. The van der Waals surface area contributed by atoms with Crippen molar-refractivity contribution in [3.05, 3.63) is 48.0 Å². The SMILES string of the molecule is COc1ccc(OC)c(N([C@H](C)C(=O)N2CCc3ccccc32)S(C)(=O)=O)c1. The van der Waals surface area contributed by atoms with E-state index in [1.807, 2.05) is 24.3 Å². The number of anilines is 2. The summed E-state index contributed by atoms with van der Waals surface area (Å²) in [5, 5.41) is 0. The first kappa shape index (κ1) is 20.0. The molecule has 28 heavy (non-hydrogen) atoms. The van der Waals surface area contributed by atoms with Crippen molar-refractivity contribution in [3.63, 3.8) is 0 Å². The van der Waals surface area contributed by atoms with E-state index in [-0.39, 0.29) is 11.6 Å². The fourth-order valence-corrected chi connectivity index (χ4v) is 4.70. The van der Waals surface area contributed by atoms with Crippen LogP contribution in [0.3, 0.4) is 0 Å². The van der Waals surface area contributed by atoms with E-state index in [0.29, 0.717) is 18.0 Å². The molecule has 0 saturated carbocycles. The first-order valence-electron chi connectivity index (χ1n) is 8.88. The van der Waals surface area contributed by atoms with E-state index in [1.54, 1.807) is 30.0 Å². The van der Waals surface area contributed by atoms with Gasteiger partial charge in [-0.3, -0.25) is 9.10 Å². The Morgan fingerprint density at radius 1 is 1.14 bits per heavy atom. The smallest absolute Gasteiger partial charge is 0.250 e. The number of rotatable bonds is 6. The van der Waals surface area contributed by atoms with E-state index in [1.165, 1.54) is 14.2 Å². The number of fused-ring (bicyclic) bond motifs is 1. The van der Waals surface area contributed by atoms with Gasteiger partial charge in [0, 0.05) is 18.3 Å². The lowest BCUT2D eigenvalue weighted by molar-refractivity contribution is -0.119. The van der Waals surface area contributed by atoms with Crippen molar-refractivity contribution in [2.45, 2.75) is 19.4 Å². The molecule has 1 atom stereocenters. The zero-order chi connectivity index (χ0) is 20.5. The van der Waals surface area contributed by atoms with Gasteiger partial charge in [-0.1, -0.05) is 18.2 Å². The number of sulfonamides is 1. The minimum atomic E-state index is -3.78. The van der Waals surface area contributed by atoms with Crippen LogP contribution in [0, 0.1) is 0 Å². The third-order valence-corrected chi connectivity index (χ3v) is 6.07. The number of hydrogen-bond donors (Lipinski definition) is 0. The third kappa shape index (κ3) is 3.64. The maximum Gasteiger partial charge on any atom is 0.250 e. The predicted octanol–water partition coefficient (Wildman–Crippen LogP) is 2.45. The van der Waals surface area contributed by atoms with E-state index in [2.05, 4.69) is 0 Å². The summed E-state index contributed by atoms with van der Waals surface area (Å²) in [4.78, 5) is 14.9. The molecule has 1 heterocycles.